The second kappa shape index (κ2) is 7.04. The van der Waals surface area contributed by atoms with Crippen molar-refractivity contribution in [1.82, 2.24) is 5.32 Å². The number of para-hydroxylation sites is 1. The van der Waals surface area contributed by atoms with Gasteiger partial charge in [-0.15, -0.1) is 0 Å². The highest BCUT2D eigenvalue weighted by molar-refractivity contribution is 14.1. The van der Waals surface area contributed by atoms with Crippen LogP contribution >= 0.6 is 22.6 Å². The summed E-state index contributed by atoms with van der Waals surface area (Å²) in [4.78, 5) is 23.6. The molecule has 0 unspecified atom stereocenters. The summed E-state index contributed by atoms with van der Waals surface area (Å²) in [5.41, 5.74) is 1.28. The predicted octanol–water partition coefficient (Wildman–Crippen LogP) is 2.66. The molecular formula is C15H13IN2O2. The fourth-order valence-corrected chi connectivity index (χ4v) is 2.26. The Morgan fingerprint density at radius 2 is 1.60 bits per heavy atom. The number of halogens is 1. The van der Waals surface area contributed by atoms with Crippen molar-refractivity contribution in [3.63, 3.8) is 0 Å². The minimum absolute atomic E-state index is 0.0568. The number of anilines is 1. The zero-order chi connectivity index (χ0) is 14.4. The summed E-state index contributed by atoms with van der Waals surface area (Å²) in [6.45, 7) is -0.0568. The monoisotopic (exact) mass is 380 g/mol. The number of carbonyl (C=O) groups excluding carboxylic acids is 2. The number of carbonyl (C=O) groups is 2. The molecule has 0 aliphatic heterocycles. The van der Waals surface area contributed by atoms with Crippen LogP contribution in [0.3, 0.4) is 0 Å². The van der Waals surface area contributed by atoms with Gasteiger partial charge in [-0.3, -0.25) is 9.59 Å². The van der Waals surface area contributed by atoms with Gasteiger partial charge >= 0.3 is 0 Å². The smallest absolute Gasteiger partial charge is 0.252 e. The maximum atomic E-state index is 11.9. The predicted molar refractivity (Wildman–Crippen MR) is 86.6 cm³/mol. The molecule has 4 nitrogen and oxygen atoms in total. The van der Waals surface area contributed by atoms with Gasteiger partial charge in [-0.2, -0.15) is 0 Å². The van der Waals surface area contributed by atoms with E-state index in [4.69, 9.17) is 0 Å². The third-order valence-corrected chi connectivity index (χ3v) is 3.53. The fourth-order valence-electron chi connectivity index (χ4n) is 1.63. The van der Waals surface area contributed by atoms with Crippen LogP contribution < -0.4 is 10.6 Å². The summed E-state index contributed by atoms with van der Waals surface area (Å²) in [5.74, 6) is -0.506. The van der Waals surface area contributed by atoms with Crippen molar-refractivity contribution < 1.29 is 9.59 Å². The van der Waals surface area contributed by atoms with Crippen LogP contribution in [0.25, 0.3) is 0 Å². The molecule has 0 radical (unpaired) electrons. The van der Waals surface area contributed by atoms with Gasteiger partial charge in [0.25, 0.3) is 5.91 Å². The van der Waals surface area contributed by atoms with Crippen LogP contribution in [0, 0.1) is 3.57 Å². The summed E-state index contributed by atoms with van der Waals surface area (Å²) in [6, 6.07) is 16.4. The third-order valence-electron chi connectivity index (χ3n) is 2.59. The molecule has 2 rings (SSSR count). The Morgan fingerprint density at radius 3 is 2.30 bits per heavy atom. The molecule has 2 amide bonds. The summed E-state index contributed by atoms with van der Waals surface area (Å²) in [7, 11) is 0. The van der Waals surface area contributed by atoms with Gasteiger partial charge in [0.1, 0.15) is 0 Å². The van der Waals surface area contributed by atoms with Crippen molar-refractivity contribution in [2.75, 3.05) is 11.9 Å². The zero-order valence-corrected chi connectivity index (χ0v) is 12.8. The van der Waals surface area contributed by atoms with E-state index in [9.17, 15) is 9.59 Å². The van der Waals surface area contributed by atoms with Crippen molar-refractivity contribution in [2.45, 2.75) is 0 Å². The van der Waals surface area contributed by atoms with E-state index in [0.717, 1.165) is 3.57 Å². The molecule has 0 bridgehead atoms. The average molecular weight is 380 g/mol. The molecule has 0 fully saturated rings. The van der Waals surface area contributed by atoms with Crippen LogP contribution in [0.15, 0.2) is 54.6 Å². The maximum absolute atomic E-state index is 11.9. The first kappa shape index (κ1) is 14.5. The lowest BCUT2D eigenvalue weighted by atomic mass is 10.2. The lowest BCUT2D eigenvalue weighted by molar-refractivity contribution is -0.115. The second-order valence-electron chi connectivity index (χ2n) is 4.08. The second-order valence-corrected chi connectivity index (χ2v) is 5.24. The lowest BCUT2D eigenvalue weighted by Gasteiger charge is -2.07. The lowest BCUT2D eigenvalue weighted by Crippen LogP contribution is -2.33. The number of hydrogen-bond acceptors (Lipinski definition) is 2. The van der Waals surface area contributed by atoms with E-state index in [1.807, 2.05) is 30.3 Å². The summed E-state index contributed by atoms with van der Waals surface area (Å²) in [6.07, 6.45) is 0. The van der Waals surface area contributed by atoms with Gasteiger partial charge in [0.15, 0.2) is 0 Å². The minimum Gasteiger partial charge on any atom is -0.343 e. The SMILES string of the molecule is O=C(CNC(=O)c1ccccc1I)Nc1ccccc1. The van der Waals surface area contributed by atoms with Crippen LogP contribution in [-0.2, 0) is 4.79 Å². The molecule has 102 valence electrons. The van der Waals surface area contributed by atoms with E-state index < -0.39 is 0 Å². The Hall–Kier alpha value is -1.89. The Balaban J connectivity index is 1.88. The van der Waals surface area contributed by atoms with Crippen molar-refractivity contribution in [2.24, 2.45) is 0 Å². The number of nitrogens with one attached hydrogen (secondary N) is 2. The molecule has 2 aromatic rings. The Kier molecular flexibility index (Phi) is 5.11. The fraction of sp³-hybridized carbons (Fsp3) is 0.0667. The largest absolute Gasteiger partial charge is 0.343 e. The highest BCUT2D eigenvalue weighted by Gasteiger charge is 2.10. The number of hydrogen-bond donors (Lipinski definition) is 2. The summed E-state index contributed by atoms with van der Waals surface area (Å²) >= 11 is 2.09. The van der Waals surface area contributed by atoms with Gasteiger partial charge in [-0.05, 0) is 46.9 Å². The standard InChI is InChI=1S/C15H13IN2O2/c16-13-9-5-4-8-12(13)15(20)17-10-14(19)18-11-6-2-1-3-7-11/h1-9H,10H2,(H,17,20)(H,18,19). The van der Waals surface area contributed by atoms with E-state index in [1.54, 1.807) is 24.3 Å². The molecule has 0 atom stereocenters. The molecule has 0 saturated carbocycles. The molecule has 5 heteroatoms. The molecule has 2 N–H and O–H groups in total. The summed E-state index contributed by atoms with van der Waals surface area (Å²) in [5, 5.41) is 5.31. The quantitative estimate of drug-likeness (QED) is 0.802. The van der Waals surface area contributed by atoms with Crippen molar-refractivity contribution in [1.29, 1.82) is 0 Å². The van der Waals surface area contributed by atoms with Gasteiger partial charge in [-0.1, -0.05) is 30.3 Å². The van der Waals surface area contributed by atoms with Crippen LogP contribution in [-0.4, -0.2) is 18.4 Å². The number of rotatable bonds is 4. The highest BCUT2D eigenvalue weighted by atomic mass is 127. The molecule has 0 aliphatic rings. The maximum Gasteiger partial charge on any atom is 0.252 e. The van der Waals surface area contributed by atoms with Crippen LogP contribution in [0.4, 0.5) is 5.69 Å². The third kappa shape index (κ3) is 4.06. The molecule has 0 aromatic heterocycles. The van der Waals surface area contributed by atoms with Gasteiger partial charge in [0, 0.05) is 9.26 Å². The number of amides is 2. The van der Waals surface area contributed by atoms with Crippen molar-refractivity contribution >= 4 is 40.1 Å². The van der Waals surface area contributed by atoms with Gasteiger partial charge in [0.05, 0.1) is 12.1 Å². The van der Waals surface area contributed by atoms with E-state index >= 15 is 0 Å². The molecule has 20 heavy (non-hydrogen) atoms. The van der Waals surface area contributed by atoms with E-state index in [1.165, 1.54) is 0 Å². The molecule has 0 aliphatic carbocycles. The molecule has 0 saturated heterocycles. The van der Waals surface area contributed by atoms with E-state index in [-0.39, 0.29) is 18.4 Å². The molecule has 2 aromatic carbocycles. The number of benzene rings is 2. The van der Waals surface area contributed by atoms with Crippen LogP contribution in [0.5, 0.6) is 0 Å². The van der Waals surface area contributed by atoms with Crippen LogP contribution in [0.1, 0.15) is 10.4 Å². The van der Waals surface area contributed by atoms with Gasteiger partial charge in [0.2, 0.25) is 5.91 Å². The van der Waals surface area contributed by atoms with Crippen LogP contribution in [0.2, 0.25) is 0 Å². The molecule has 0 heterocycles. The zero-order valence-electron chi connectivity index (χ0n) is 10.6. The van der Waals surface area contributed by atoms with Gasteiger partial charge in [-0.25, -0.2) is 0 Å². The van der Waals surface area contributed by atoms with Crippen molar-refractivity contribution in [3.05, 3.63) is 63.7 Å². The Bertz CT molecular complexity index is 614. The minimum atomic E-state index is -0.254. The van der Waals surface area contributed by atoms with Gasteiger partial charge < -0.3 is 10.6 Å². The van der Waals surface area contributed by atoms with Crippen molar-refractivity contribution in [3.8, 4) is 0 Å². The summed E-state index contributed by atoms with van der Waals surface area (Å²) < 4.78 is 0.853. The Labute approximate surface area is 130 Å². The molecular weight excluding hydrogens is 367 g/mol. The first-order valence-corrected chi connectivity index (χ1v) is 7.12. The topological polar surface area (TPSA) is 58.2 Å². The van der Waals surface area contributed by atoms with E-state index in [2.05, 4.69) is 33.2 Å². The van der Waals surface area contributed by atoms with E-state index in [0.29, 0.717) is 11.3 Å². The Morgan fingerprint density at radius 1 is 0.950 bits per heavy atom. The normalized spacial score (nSPS) is 9.85. The average Bonchev–Trinajstić information content (AvgIpc) is 2.46. The molecule has 0 spiro atoms. The first-order valence-electron chi connectivity index (χ1n) is 6.04. The first-order chi connectivity index (χ1) is 9.66. The highest BCUT2D eigenvalue weighted by Crippen LogP contribution is 2.11.